The SMILES string of the molecule is CC(C)N1C[C@@H](C(=O)N2CCN(Cc3nccn3C)CC2)CC1=O. The van der Waals surface area contributed by atoms with Crippen molar-refractivity contribution in [2.45, 2.75) is 32.9 Å². The van der Waals surface area contributed by atoms with Crippen LogP contribution >= 0.6 is 0 Å². The van der Waals surface area contributed by atoms with Crippen LogP contribution in [0, 0.1) is 5.92 Å². The summed E-state index contributed by atoms with van der Waals surface area (Å²) < 4.78 is 2.03. The number of carbonyl (C=O) groups is 2. The van der Waals surface area contributed by atoms with Crippen LogP contribution in [0.2, 0.25) is 0 Å². The molecular weight excluding hydrogens is 306 g/mol. The average Bonchev–Trinajstić information content (AvgIpc) is 3.14. The topological polar surface area (TPSA) is 61.7 Å². The van der Waals surface area contributed by atoms with E-state index in [0.717, 1.165) is 38.5 Å². The Balaban J connectivity index is 1.50. The summed E-state index contributed by atoms with van der Waals surface area (Å²) in [6, 6.07) is 0.171. The molecule has 1 aromatic heterocycles. The summed E-state index contributed by atoms with van der Waals surface area (Å²) in [5, 5.41) is 0. The van der Waals surface area contributed by atoms with Crippen molar-refractivity contribution in [1.29, 1.82) is 0 Å². The van der Waals surface area contributed by atoms with Gasteiger partial charge in [-0.3, -0.25) is 14.5 Å². The van der Waals surface area contributed by atoms with Crippen molar-refractivity contribution in [1.82, 2.24) is 24.3 Å². The van der Waals surface area contributed by atoms with Crippen LogP contribution in [-0.2, 0) is 23.2 Å². The highest BCUT2D eigenvalue weighted by atomic mass is 16.2. The van der Waals surface area contributed by atoms with Crippen LogP contribution in [0.3, 0.4) is 0 Å². The van der Waals surface area contributed by atoms with Gasteiger partial charge in [0, 0.05) is 64.6 Å². The van der Waals surface area contributed by atoms with Crippen molar-refractivity contribution in [3.63, 3.8) is 0 Å². The van der Waals surface area contributed by atoms with Gasteiger partial charge in [-0.1, -0.05) is 0 Å². The molecule has 0 unspecified atom stereocenters. The highest BCUT2D eigenvalue weighted by molar-refractivity contribution is 5.89. The van der Waals surface area contributed by atoms with E-state index in [1.54, 1.807) is 0 Å². The van der Waals surface area contributed by atoms with E-state index in [1.165, 1.54) is 0 Å². The molecule has 0 radical (unpaired) electrons. The van der Waals surface area contributed by atoms with Crippen LogP contribution in [-0.4, -0.2) is 74.8 Å². The molecule has 2 aliphatic rings. The Morgan fingerprint density at radius 1 is 1.29 bits per heavy atom. The molecule has 1 aromatic rings. The summed E-state index contributed by atoms with van der Waals surface area (Å²) in [7, 11) is 2.00. The van der Waals surface area contributed by atoms with Gasteiger partial charge in [-0.25, -0.2) is 4.98 Å². The van der Waals surface area contributed by atoms with Crippen LogP contribution in [0.1, 0.15) is 26.1 Å². The van der Waals surface area contributed by atoms with Gasteiger partial charge in [0.05, 0.1) is 12.5 Å². The van der Waals surface area contributed by atoms with Crippen molar-refractivity contribution in [2.75, 3.05) is 32.7 Å². The molecule has 24 heavy (non-hydrogen) atoms. The molecule has 7 nitrogen and oxygen atoms in total. The molecule has 0 saturated carbocycles. The van der Waals surface area contributed by atoms with Gasteiger partial charge >= 0.3 is 0 Å². The van der Waals surface area contributed by atoms with E-state index >= 15 is 0 Å². The second kappa shape index (κ2) is 6.93. The maximum atomic E-state index is 12.7. The third kappa shape index (κ3) is 3.45. The molecule has 3 heterocycles. The Hall–Kier alpha value is -1.89. The fourth-order valence-corrected chi connectivity index (χ4v) is 3.53. The molecule has 0 aromatic carbocycles. The lowest BCUT2D eigenvalue weighted by Gasteiger charge is -2.35. The minimum atomic E-state index is -0.166. The number of aromatic nitrogens is 2. The first-order valence-corrected chi connectivity index (χ1v) is 8.72. The number of nitrogens with zero attached hydrogens (tertiary/aromatic N) is 5. The zero-order valence-corrected chi connectivity index (χ0v) is 14.8. The molecule has 3 rings (SSSR count). The van der Waals surface area contributed by atoms with E-state index < -0.39 is 0 Å². The minimum absolute atomic E-state index is 0.108. The third-order valence-corrected chi connectivity index (χ3v) is 5.10. The second-order valence-electron chi connectivity index (χ2n) is 7.10. The maximum Gasteiger partial charge on any atom is 0.228 e. The monoisotopic (exact) mass is 333 g/mol. The molecule has 0 spiro atoms. The van der Waals surface area contributed by atoms with Gasteiger partial charge in [0.1, 0.15) is 5.82 Å². The van der Waals surface area contributed by atoms with E-state index in [1.807, 2.05) is 47.7 Å². The van der Waals surface area contributed by atoms with E-state index in [4.69, 9.17) is 0 Å². The Kier molecular flexibility index (Phi) is 4.89. The van der Waals surface area contributed by atoms with Gasteiger partial charge in [-0.05, 0) is 13.8 Å². The minimum Gasteiger partial charge on any atom is -0.340 e. The summed E-state index contributed by atoms with van der Waals surface area (Å²) in [6.45, 7) is 8.56. The largest absolute Gasteiger partial charge is 0.340 e. The zero-order chi connectivity index (χ0) is 17.3. The van der Waals surface area contributed by atoms with Gasteiger partial charge < -0.3 is 14.4 Å². The Morgan fingerprint density at radius 2 is 2.00 bits per heavy atom. The van der Waals surface area contributed by atoms with E-state index in [-0.39, 0.29) is 23.8 Å². The van der Waals surface area contributed by atoms with Crippen LogP contribution in [0.25, 0.3) is 0 Å². The van der Waals surface area contributed by atoms with Gasteiger partial charge in [0.2, 0.25) is 11.8 Å². The standard InChI is InChI=1S/C17H27N5O2/c1-13(2)22-11-14(10-16(22)23)17(24)21-8-6-20(7-9-21)12-15-18-4-5-19(15)3/h4-5,13-14H,6-12H2,1-3H3/t14-/m0/s1. The quantitative estimate of drug-likeness (QED) is 0.796. The summed E-state index contributed by atoms with van der Waals surface area (Å²) in [6.07, 6.45) is 4.13. The maximum absolute atomic E-state index is 12.7. The smallest absolute Gasteiger partial charge is 0.228 e. The molecule has 0 aliphatic carbocycles. The van der Waals surface area contributed by atoms with E-state index in [2.05, 4.69) is 9.88 Å². The third-order valence-electron chi connectivity index (χ3n) is 5.10. The summed E-state index contributed by atoms with van der Waals surface area (Å²) >= 11 is 0. The van der Waals surface area contributed by atoms with Gasteiger partial charge in [0.25, 0.3) is 0 Å². The molecule has 2 aliphatic heterocycles. The predicted molar refractivity (Wildman–Crippen MR) is 90.0 cm³/mol. The van der Waals surface area contributed by atoms with Crippen molar-refractivity contribution in [3.05, 3.63) is 18.2 Å². The Labute approximate surface area is 143 Å². The van der Waals surface area contributed by atoms with Crippen LogP contribution < -0.4 is 0 Å². The highest BCUT2D eigenvalue weighted by Crippen LogP contribution is 2.22. The Bertz CT molecular complexity index is 604. The zero-order valence-electron chi connectivity index (χ0n) is 14.8. The lowest BCUT2D eigenvalue weighted by Crippen LogP contribution is -2.50. The number of aryl methyl sites for hydroxylation is 1. The molecule has 7 heteroatoms. The fraction of sp³-hybridized carbons (Fsp3) is 0.706. The van der Waals surface area contributed by atoms with Crippen molar-refractivity contribution in [3.8, 4) is 0 Å². The van der Waals surface area contributed by atoms with E-state index in [9.17, 15) is 9.59 Å². The van der Waals surface area contributed by atoms with Gasteiger partial charge in [-0.2, -0.15) is 0 Å². The highest BCUT2D eigenvalue weighted by Gasteiger charge is 2.38. The fourth-order valence-electron chi connectivity index (χ4n) is 3.53. The normalized spacial score (nSPS) is 22.7. The number of amides is 2. The molecule has 2 saturated heterocycles. The van der Waals surface area contributed by atoms with Crippen molar-refractivity contribution >= 4 is 11.8 Å². The number of hydrogen-bond donors (Lipinski definition) is 0. The lowest BCUT2D eigenvalue weighted by atomic mass is 10.1. The summed E-state index contributed by atoms with van der Waals surface area (Å²) in [4.78, 5) is 35.1. The predicted octanol–water partition coefficient (Wildman–Crippen LogP) is 0.321. The Morgan fingerprint density at radius 3 is 2.54 bits per heavy atom. The van der Waals surface area contributed by atoms with Crippen molar-refractivity contribution in [2.24, 2.45) is 13.0 Å². The number of rotatable bonds is 4. The summed E-state index contributed by atoms with van der Waals surface area (Å²) in [5.74, 6) is 1.13. The first-order valence-electron chi connectivity index (χ1n) is 8.72. The molecule has 132 valence electrons. The molecule has 1 atom stereocenters. The van der Waals surface area contributed by atoms with Crippen LogP contribution in [0.15, 0.2) is 12.4 Å². The van der Waals surface area contributed by atoms with Crippen LogP contribution in [0.5, 0.6) is 0 Å². The van der Waals surface area contributed by atoms with Crippen molar-refractivity contribution < 1.29 is 9.59 Å². The first kappa shape index (κ1) is 17.0. The van der Waals surface area contributed by atoms with E-state index in [0.29, 0.717) is 13.0 Å². The van der Waals surface area contributed by atoms with Gasteiger partial charge in [-0.15, -0.1) is 0 Å². The molecule has 0 bridgehead atoms. The molecular formula is C17H27N5O2. The number of imidazole rings is 1. The molecule has 0 N–H and O–H groups in total. The second-order valence-corrected chi connectivity index (χ2v) is 7.10. The average molecular weight is 333 g/mol. The number of carbonyl (C=O) groups excluding carboxylic acids is 2. The lowest BCUT2D eigenvalue weighted by molar-refractivity contribution is -0.137. The first-order chi connectivity index (χ1) is 11.5. The molecule has 2 amide bonds. The molecule has 2 fully saturated rings. The van der Waals surface area contributed by atoms with Crippen LogP contribution in [0.4, 0.5) is 0 Å². The number of likely N-dealkylation sites (tertiary alicyclic amines) is 1. The summed E-state index contributed by atoms with van der Waals surface area (Å²) in [5.41, 5.74) is 0. The number of hydrogen-bond acceptors (Lipinski definition) is 4. The number of piperazine rings is 1. The van der Waals surface area contributed by atoms with Gasteiger partial charge in [0.15, 0.2) is 0 Å².